The minimum Gasteiger partial charge on any atom is -0.326 e. The van der Waals surface area contributed by atoms with Gasteiger partial charge in [0.05, 0.1) is 15.1 Å². The van der Waals surface area contributed by atoms with Gasteiger partial charge in [0, 0.05) is 22.6 Å². The molecule has 0 aromatic heterocycles. The molecule has 2 aromatic carbocycles. The highest BCUT2D eigenvalue weighted by Gasteiger charge is 2.25. The number of hydrogen-bond acceptors (Lipinski definition) is 2. The molecule has 1 aliphatic heterocycles. The molecule has 1 heterocycles. The molecule has 1 saturated heterocycles. The van der Waals surface area contributed by atoms with E-state index in [2.05, 4.69) is 26.1 Å². The van der Waals surface area contributed by atoms with E-state index in [4.69, 9.17) is 34.8 Å². The van der Waals surface area contributed by atoms with Crippen molar-refractivity contribution in [3.05, 3.63) is 61.5 Å². The summed E-state index contributed by atoms with van der Waals surface area (Å²) in [7, 11) is 0. The Bertz CT molecular complexity index is 807. The van der Waals surface area contributed by atoms with Gasteiger partial charge in [-0.3, -0.25) is 9.69 Å². The van der Waals surface area contributed by atoms with Crippen LogP contribution in [0.5, 0.6) is 0 Å². The van der Waals surface area contributed by atoms with Crippen LogP contribution >= 0.6 is 50.7 Å². The van der Waals surface area contributed by atoms with Crippen LogP contribution in [0.25, 0.3) is 0 Å². The number of anilines is 1. The molecule has 26 heavy (non-hydrogen) atoms. The molecule has 3 nitrogen and oxygen atoms in total. The molecular formula is C19H18BrCl3N2O. The van der Waals surface area contributed by atoms with Crippen LogP contribution in [0.4, 0.5) is 5.69 Å². The number of rotatable bonds is 4. The molecule has 138 valence electrons. The Morgan fingerprint density at radius 3 is 2.42 bits per heavy atom. The molecule has 0 bridgehead atoms. The van der Waals surface area contributed by atoms with Crippen molar-refractivity contribution in [2.24, 2.45) is 5.92 Å². The molecule has 1 aliphatic rings. The summed E-state index contributed by atoms with van der Waals surface area (Å²) >= 11 is 21.5. The van der Waals surface area contributed by atoms with Gasteiger partial charge in [-0.25, -0.2) is 0 Å². The number of carbonyl (C=O) groups excluding carboxylic acids is 1. The first-order valence-corrected chi connectivity index (χ1v) is 10.3. The van der Waals surface area contributed by atoms with Gasteiger partial charge in [0.1, 0.15) is 0 Å². The zero-order valence-electron chi connectivity index (χ0n) is 13.9. The van der Waals surface area contributed by atoms with Gasteiger partial charge in [0.25, 0.3) is 0 Å². The van der Waals surface area contributed by atoms with Gasteiger partial charge in [-0.05, 0) is 77.8 Å². The van der Waals surface area contributed by atoms with Gasteiger partial charge in [-0.15, -0.1) is 0 Å². The topological polar surface area (TPSA) is 32.3 Å². The van der Waals surface area contributed by atoms with Gasteiger partial charge in [-0.1, -0.05) is 40.9 Å². The molecule has 0 saturated carbocycles. The third-order valence-corrected chi connectivity index (χ3v) is 6.51. The van der Waals surface area contributed by atoms with Crippen LogP contribution in [0.2, 0.25) is 15.1 Å². The maximum Gasteiger partial charge on any atom is 0.227 e. The minimum atomic E-state index is 0.0162. The van der Waals surface area contributed by atoms with E-state index < -0.39 is 0 Å². The highest BCUT2D eigenvalue weighted by Crippen LogP contribution is 2.27. The number of amides is 1. The van der Waals surface area contributed by atoms with Crippen molar-refractivity contribution >= 4 is 62.3 Å². The fourth-order valence-corrected chi connectivity index (χ4v) is 3.82. The highest BCUT2D eigenvalue weighted by atomic mass is 79.9. The van der Waals surface area contributed by atoms with Gasteiger partial charge >= 0.3 is 0 Å². The lowest BCUT2D eigenvalue weighted by Crippen LogP contribution is -2.37. The Morgan fingerprint density at radius 2 is 1.77 bits per heavy atom. The van der Waals surface area contributed by atoms with E-state index >= 15 is 0 Å². The van der Waals surface area contributed by atoms with E-state index in [9.17, 15) is 4.79 Å². The van der Waals surface area contributed by atoms with Crippen molar-refractivity contribution < 1.29 is 4.79 Å². The van der Waals surface area contributed by atoms with Crippen molar-refractivity contribution in [3.8, 4) is 0 Å². The molecule has 0 unspecified atom stereocenters. The molecule has 0 atom stereocenters. The van der Waals surface area contributed by atoms with Crippen LogP contribution < -0.4 is 5.32 Å². The fraction of sp³-hybridized carbons (Fsp3) is 0.316. The summed E-state index contributed by atoms with van der Waals surface area (Å²) < 4.78 is 0.813. The lowest BCUT2D eigenvalue weighted by molar-refractivity contribution is -0.121. The number of carbonyl (C=O) groups is 1. The Balaban J connectivity index is 1.51. The van der Waals surface area contributed by atoms with E-state index in [1.54, 1.807) is 6.07 Å². The van der Waals surface area contributed by atoms with E-state index in [1.807, 2.05) is 30.3 Å². The molecule has 1 amide bonds. The second kappa shape index (κ2) is 8.94. The zero-order chi connectivity index (χ0) is 18.7. The van der Waals surface area contributed by atoms with Crippen molar-refractivity contribution in [2.75, 3.05) is 18.4 Å². The van der Waals surface area contributed by atoms with E-state index in [0.717, 1.165) is 48.2 Å². The lowest BCUT2D eigenvalue weighted by Gasteiger charge is -2.31. The van der Waals surface area contributed by atoms with Crippen molar-refractivity contribution in [1.82, 2.24) is 4.90 Å². The number of halogens is 4. The van der Waals surface area contributed by atoms with Crippen molar-refractivity contribution in [3.63, 3.8) is 0 Å². The number of likely N-dealkylation sites (tertiary alicyclic amines) is 1. The van der Waals surface area contributed by atoms with Gasteiger partial charge in [-0.2, -0.15) is 0 Å². The molecule has 1 N–H and O–H groups in total. The van der Waals surface area contributed by atoms with Gasteiger partial charge in [0.15, 0.2) is 0 Å². The predicted molar refractivity (Wildman–Crippen MR) is 112 cm³/mol. The quantitative estimate of drug-likeness (QED) is 0.565. The monoisotopic (exact) mass is 474 g/mol. The van der Waals surface area contributed by atoms with E-state index in [-0.39, 0.29) is 11.8 Å². The molecule has 1 fully saturated rings. The summed E-state index contributed by atoms with van der Waals surface area (Å²) in [6, 6.07) is 11.1. The minimum absolute atomic E-state index is 0.0162. The van der Waals surface area contributed by atoms with Gasteiger partial charge in [0.2, 0.25) is 5.91 Å². The largest absolute Gasteiger partial charge is 0.326 e. The first-order valence-electron chi connectivity index (χ1n) is 8.34. The molecule has 2 aromatic rings. The Morgan fingerprint density at radius 1 is 1.04 bits per heavy atom. The normalized spacial score (nSPS) is 15.8. The molecular weight excluding hydrogens is 458 g/mol. The number of benzene rings is 2. The maximum absolute atomic E-state index is 12.5. The number of nitrogens with one attached hydrogen (secondary N) is 1. The molecule has 0 spiro atoms. The van der Waals surface area contributed by atoms with Crippen LogP contribution in [0, 0.1) is 5.92 Å². The Labute approximate surface area is 176 Å². The average molecular weight is 477 g/mol. The van der Waals surface area contributed by atoms with Crippen LogP contribution in [0.3, 0.4) is 0 Å². The first-order chi connectivity index (χ1) is 12.4. The second-order valence-corrected chi connectivity index (χ2v) is 8.49. The van der Waals surface area contributed by atoms with Crippen LogP contribution in [0.15, 0.2) is 40.9 Å². The van der Waals surface area contributed by atoms with Crippen LogP contribution in [0.1, 0.15) is 18.4 Å². The van der Waals surface area contributed by atoms with Crippen molar-refractivity contribution in [1.29, 1.82) is 0 Å². The maximum atomic E-state index is 12.5. The standard InChI is InChI=1S/C19H18BrCl3N2O/c20-15-3-2-14(10-17(15)22)24-19(26)13-5-7-25(8-6-13)11-12-1-4-16(21)18(23)9-12/h1-4,9-10,13H,5-8,11H2,(H,24,26). The summed E-state index contributed by atoms with van der Waals surface area (Å²) in [6.45, 7) is 2.56. The third-order valence-electron chi connectivity index (χ3n) is 4.54. The number of nitrogens with zero attached hydrogens (tertiary/aromatic N) is 1. The summed E-state index contributed by atoms with van der Waals surface area (Å²) in [5.41, 5.74) is 1.85. The predicted octanol–water partition coefficient (Wildman–Crippen LogP) is 6.26. The fourth-order valence-electron chi connectivity index (χ4n) is 3.07. The Hall–Kier alpha value is -0.780. The highest BCUT2D eigenvalue weighted by molar-refractivity contribution is 9.10. The molecule has 7 heteroatoms. The van der Waals surface area contributed by atoms with Crippen molar-refractivity contribution in [2.45, 2.75) is 19.4 Å². The molecule has 0 radical (unpaired) electrons. The average Bonchev–Trinajstić information content (AvgIpc) is 2.62. The van der Waals surface area contributed by atoms with E-state index in [0.29, 0.717) is 15.1 Å². The van der Waals surface area contributed by atoms with Crippen LogP contribution in [-0.4, -0.2) is 23.9 Å². The molecule has 3 rings (SSSR count). The van der Waals surface area contributed by atoms with Crippen LogP contribution in [-0.2, 0) is 11.3 Å². The third kappa shape index (κ3) is 5.14. The van der Waals surface area contributed by atoms with E-state index in [1.165, 1.54) is 0 Å². The smallest absolute Gasteiger partial charge is 0.227 e. The SMILES string of the molecule is O=C(Nc1ccc(Br)c(Cl)c1)C1CCN(Cc2ccc(Cl)c(Cl)c2)CC1. The number of piperidine rings is 1. The zero-order valence-corrected chi connectivity index (χ0v) is 17.8. The summed E-state index contributed by atoms with van der Waals surface area (Å²) in [6.07, 6.45) is 1.66. The van der Waals surface area contributed by atoms with Gasteiger partial charge < -0.3 is 5.32 Å². The molecule has 0 aliphatic carbocycles. The number of hydrogen-bond donors (Lipinski definition) is 1. The summed E-state index contributed by atoms with van der Waals surface area (Å²) in [5, 5.41) is 4.69. The lowest BCUT2D eigenvalue weighted by atomic mass is 9.95. The summed E-state index contributed by atoms with van der Waals surface area (Å²) in [4.78, 5) is 14.8. The Kier molecular flexibility index (Phi) is 6.87. The summed E-state index contributed by atoms with van der Waals surface area (Å²) in [5.74, 6) is 0.0695. The second-order valence-electron chi connectivity index (χ2n) is 6.42. The first kappa shape index (κ1) is 20.0.